The fourth-order valence-corrected chi connectivity index (χ4v) is 1.84. The third-order valence-corrected chi connectivity index (χ3v) is 3.60. The Balaban J connectivity index is 3.21. The Bertz CT molecular complexity index is 503. The summed E-state index contributed by atoms with van der Waals surface area (Å²) in [5, 5.41) is 0. The fraction of sp³-hybridized carbons (Fsp3) is 0.400. The highest BCUT2D eigenvalue weighted by molar-refractivity contribution is 7.90. The zero-order valence-corrected chi connectivity index (χ0v) is 10.1. The highest BCUT2D eigenvalue weighted by Gasteiger charge is 2.49. The van der Waals surface area contributed by atoms with Gasteiger partial charge >= 0.3 is 6.18 Å². The van der Waals surface area contributed by atoms with Crippen molar-refractivity contribution < 1.29 is 21.6 Å². The van der Waals surface area contributed by atoms with E-state index in [0.717, 1.165) is 37.4 Å². The molecular weight excluding hydrogens is 255 g/mol. The number of benzene rings is 1. The maximum Gasteiger partial charge on any atom is 0.410 e. The van der Waals surface area contributed by atoms with Gasteiger partial charge in [-0.3, -0.25) is 0 Å². The monoisotopic (exact) mass is 267 g/mol. The van der Waals surface area contributed by atoms with Crippen molar-refractivity contribution in [2.45, 2.75) is 23.5 Å². The molecule has 1 rings (SSSR count). The summed E-state index contributed by atoms with van der Waals surface area (Å²) >= 11 is 0. The van der Waals surface area contributed by atoms with E-state index in [4.69, 9.17) is 5.73 Å². The number of rotatable bonds is 2. The molecule has 7 heteroatoms. The van der Waals surface area contributed by atoms with Gasteiger partial charge in [0.15, 0.2) is 9.84 Å². The molecule has 0 spiro atoms. The van der Waals surface area contributed by atoms with Crippen LogP contribution in [0.25, 0.3) is 0 Å². The minimum absolute atomic E-state index is 0.0424. The lowest BCUT2D eigenvalue weighted by atomic mass is 9.93. The summed E-state index contributed by atoms with van der Waals surface area (Å²) in [5.74, 6) is 0. The summed E-state index contributed by atoms with van der Waals surface area (Å²) < 4.78 is 60.1. The van der Waals surface area contributed by atoms with Crippen molar-refractivity contribution in [1.29, 1.82) is 0 Å². The van der Waals surface area contributed by atoms with E-state index in [2.05, 4.69) is 0 Å². The van der Waals surface area contributed by atoms with Crippen molar-refractivity contribution in [3.8, 4) is 0 Å². The lowest BCUT2D eigenvalue weighted by Gasteiger charge is -2.28. The topological polar surface area (TPSA) is 60.2 Å². The van der Waals surface area contributed by atoms with E-state index < -0.39 is 21.6 Å². The number of sulfone groups is 1. The van der Waals surface area contributed by atoms with Gasteiger partial charge in [-0.1, -0.05) is 12.1 Å². The van der Waals surface area contributed by atoms with Crippen molar-refractivity contribution in [3.05, 3.63) is 29.8 Å². The Morgan fingerprint density at radius 2 is 1.53 bits per heavy atom. The van der Waals surface area contributed by atoms with Crippen LogP contribution < -0.4 is 5.73 Å². The predicted molar refractivity (Wildman–Crippen MR) is 57.1 cm³/mol. The smallest absolute Gasteiger partial charge is 0.314 e. The minimum atomic E-state index is -4.60. The second kappa shape index (κ2) is 3.99. The summed E-state index contributed by atoms with van der Waals surface area (Å²) in [6, 6.07) is 4.37. The van der Waals surface area contributed by atoms with Crippen molar-refractivity contribution in [2.75, 3.05) is 6.26 Å². The highest BCUT2D eigenvalue weighted by atomic mass is 32.2. The molecule has 0 amide bonds. The molecule has 1 unspecified atom stereocenters. The Morgan fingerprint density at radius 1 is 1.12 bits per heavy atom. The quantitative estimate of drug-likeness (QED) is 0.889. The molecule has 0 aliphatic rings. The molecule has 1 aromatic rings. The van der Waals surface area contributed by atoms with E-state index in [1.54, 1.807) is 0 Å². The zero-order chi connectivity index (χ0) is 13.5. The van der Waals surface area contributed by atoms with Crippen LogP contribution in [-0.2, 0) is 15.4 Å². The predicted octanol–water partition coefficient (Wildman–Crippen LogP) is 1.83. The maximum absolute atomic E-state index is 12.6. The van der Waals surface area contributed by atoms with E-state index in [-0.39, 0.29) is 10.5 Å². The van der Waals surface area contributed by atoms with Gasteiger partial charge in [-0.15, -0.1) is 0 Å². The van der Waals surface area contributed by atoms with Crippen molar-refractivity contribution >= 4 is 9.84 Å². The Kier molecular flexibility index (Phi) is 3.28. The van der Waals surface area contributed by atoms with Gasteiger partial charge in [0.25, 0.3) is 0 Å². The molecule has 0 heterocycles. The number of halogens is 3. The molecule has 0 saturated heterocycles. The summed E-state index contributed by atoms with van der Waals surface area (Å²) in [5.41, 5.74) is 2.52. The van der Waals surface area contributed by atoms with Gasteiger partial charge in [0, 0.05) is 6.26 Å². The van der Waals surface area contributed by atoms with E-state index in [0.29, 0.717) is 0 Å². The van der Waals surface area contributed by atoms with Crippen molar-refractivity contribution in [3.63, 3.8) is 0 Å². The van der Waals surface area contributed by atoms with Gasteiger partial charge in [-0.2, -0.15) is 13.2 Å². The SMILES string of the molecule is CC(N)(c1ccc(S(C)(=O)=O)cc1)C(F)(F)F. The molecule has 1 atom stereocenters. The molecule has 0 aromatic heterocycles. The molecule has 0 aliphatic carbocycles. The average Bonchev–Trinajstić information content (AvgIpc) is 2.15. The van der Waals surface area contributed by atoms with E-state index in [1.165, 1.54) is 0 Å². The summed E-state index contributed by atoms with van der Waals surface area (Å²) in [6.07, 6.45) is -3.62. The standard InChI is InChI=1S/C10H12F3NO2S/c1-9(14,10(11,12)13)7-3-5-8(6-4-7)17(2,15)16/h3-6H,14H2,1-2H3. The Labute approximate surface area is 97.4 Å². The van der Waals surface area contributed by atoms with Crippen LogP contribution in [0.15, 0.2) is 29.2 Å². The van der Waals surface area contributed by atoms with Gasteiger partial charge in [0.2, 0.25) is 0 Å². The van der Waals surface area contributed by atoms with Gasteiger partial charge in [-0.25, -0.2) is 8.42 Å². The molecule has 0 radical (unpaired) electrons. The van der Waals surface area contributed by atoms with Crippen LogP contribution >= 0.6 is 0 Å². The van der Waals surface area contributed by atoms with Crippen LogP contribution in [0.3, 0.4) is 0 Å². The number of nitrogens with two attached hydrogens (primary N) is 1. The normalized spacial score (nSPS) is 16.6. The second-order valence-electron chi connectivity index (χ2n) is 4.00. The Morgan fingerprint density at radius 3 is 1.82 bits per heavy atom. The lowest BCUT2D eigenvalue weighted by molar-refractivity contribution is -0.184. The molecule has 0 bridgehead atoms. The molecule has 0 saturated carbocycles. The van der Waals surface area contributed by atoms with Crippen LogP contribution in [-0.4, -0.2) is 20.8 Å². The third-order valence-electron chi connectivity index (χ3n) is 2.47. The van der Waals surface area contributed by atoms with Gasteiger partial charge in [-0.05, 0) is 24.6 Å². The van der Waals surface area contributed by atoms with Gasteiger partial charge < -0.3 is 5.73 Å². The van der Waals surface area contributed by atoms with Crippen LogP contribution in [0.2, 0.25) is 0 Å². The van der Waals surface area contributed by atoms with Crippen LogP contribution in [0, 0.1) is 0 Å². The molecule has 17 heavy (non-hydrogen) atoms. The van der Waals surface area contributed by atoms with Crippen LogP contribution in [0.4, 0.5) is 13.2 Å². The van der Waals surface area contributed by atoms with Crippen molar-refractivity contribution in [2.24, 2.45) is 5.73 Å². The van der Waals surface area contributed by atoms with Crippen molar-refractivity contribution in [1.82, 2.24) is 0 Å². The number of hydrogen-bond acceptors (Lipinski definition) is 3. The van der Waals surface area contributed by atoms with E-state index >= 15 is 0 Å². The average molecular weight is 267 g/mol. The molecule has 0 fully saturated rings. The molecular formula is C10H12F3NO2S. The summed E-state index contributed by atoms with van der Waals surface area (Å²) in [4.78, 5) is -0.0424. The van der Waals surface area contributed by atoms with Crippen LogP contribution in [0.1, 0.15) is 12.5 Å². The lowest BCUT2D eigenvalue weighted by Crippen LogP contribution is -2.47. The minimum Gasteiger partial charge on any atom is -0.314 e. The van der Waals surface area contributed by atoms with Gasteiger partial charge in [0.1, 0.15) is 5.54 Å². The second-order valence-corrected chi connectivity index (χ2v) is 6.01. The van der Waals surface area contributed by atoms with Crippen LogP contribution in [0.5, 0.6) is 0 Å². The molecule has 3 nitrogen and oxygen atoms in total. The maximum atomic E-state index is 12.6. The van der Waals surface area contributed by atoms with E-state index in [1.807, 2.05) is 0 Å². The first kappa shape index (κ1) is 14.0. The molecule has 2 N–H and O–H groups in total. The Hall–Kier alpha value is -1.08. The summed E-state index contributed by atoms with van der Waals surface area (Å²) in [7, 11) is -3.42. The third kappa shape index (κ3) is 2.78. The molecule has 1 aromatic carbocycles. The zero-order valence-electron chi connectivity index (χ0n) is 9.25. The van der Waals surface area contributed by atoms with E-state index in [9.17, 15) is 21.6 Å². The first-order chi connectivity index (χ1) is 7.46. The summed E-state index contributed by atoms with van der Waals surface area (Å²) in [6.45, 7) is 0.836. The first-order valence-corrected chi connectivity index (χ1v) is 6.51. The molecule has 0 aliphatic heterocycles. The largest absolute Gasteiger partial charge is 0.410 e. The molecule has 96 valence electrons. The van der Waals surface area contributed by atoms with Gasteiger partial charge in [0.05, 0.1) is 4.90 Å². The first-order valence-electron chi connectivity index (χ1n) is 4.62. The fourth-order valence-electron chi connectivity index (χ4n) is 1.21. The number of hydrogen-bond donors (Lipinski definition) is 1. The number of alkyl halides is 3. The highest BCUT2D eigenvalue weighted by Crippen LogP contribution is 2.36.